The maximum absolute atomic E-state index is 15.4. The summed E-state index contributed by atoms with van der Waals surface area (Å²) in [6.45, 7) is -3.83. The molecule has 4 heterocycles. The number of aliphatic hydroxyl groups excluding tert-OH is 10. The normalized spacial score (nSPS) is 29.4. The van der Waals surface area contributed by atoms with E-state index in [1.807, 2.05) is 10.6 Å². The number of quaternary nitrogens is 1. The number of aliphatic hydroxyl groups is 10. The summed E-state index contributed by atoms with van der Waals surface area (Å²) in [6, 6.07) is -0.597. The SMILES string of the molecule is CC(C=Cc1ccccc1)=CC(O)C1CC(=O)NC(CO)C(=O)NC2C[NH+]3C=C(CC(NC(=O)CCCC(C(=O)[O-])NC(=O)C(O)CNC(=O)C(Cc4ccc(Br)cc4)NC(=O)C(C(O)C(N)=O)NC(=O)C(CC(N)=O)NC2=O)C(=O)NC(C(C)O)C(=O)NC(CO)C(=O)NC(Cc2ccccc2)C(=O)N1)N(C1OC(CO)C(O)C(O)C1O)C3. The van der Waals surface area contributed by atoms with Gasteiger partial charge >= 0.3 is 0 Å². The number of amides is 14. The van der Waals surface area contributed by atoms with E-state index in [9.17, 15) is 119 Å². The average molecular weight is 1740 g/mol. The van der Waals surface area contributed by atoms with Gasteiger partial charge in [0.2, 0.25) is 76.8 Å². The quantitative estimate of drug-likeness (QED) is 0.0526. The Morgan fingerprint density at radius 1 is 0.597 bits per heavy atom. The highest BCUT2D eigenvalue weighted by atomic mass is 79.9. The number of β-amino-alcohol motifs (C(OH)–C–C–N with tert-alkyl or cyclic N) is 1. The molecule has 43 nitrogen and oxygen atoms in total. The number of rotatable bonds is 18. The van der Waals surface area contributed by atoms with Crippen LogP contribution in [0.1, 0.15) is 69.1 Å². The fourth-order valence-electron chi connectivity index (χ4n) is 13.0. The number of nitrogens with zero attached hydrogens (tertiary/aromatic N) is 1. The van der Waals surface area contributed by atoms with Crippen LogP contribution in [0.5, 0.6) is 0 Å². The van der Waals surface area contributed by atoms with Gasteiger partial charge in [0.15, 0.2) is 25.0 Å². The van der Waals surface area contributed by atoms with Crippen LogP contribution in [0.25, 0.3) is 6.08 Å². The number of benzene rings is 3. The molecule has 14 amide bonds. The molecule has 119 heavy (non-hydrogen) atoms. The molecule has 21 unspecified atom stereocenters. The van der Waals surface area contributed by atoms with Gasteiger partial charge in [-0.15, -0.1) is 0 Å². The third kappa shape index (κ3) is 27.9. The maximum Gasteiger partial charge on any atom is 0.251 e. The second kappa shape index (κ2) is 45.1. The summed E-state index contributed by atoms with van der Waals surface area (Å²) in [7, 11) is 0. The van der Waals surface area contributed by atoms with Crippen molar-refractivity contribution in [3.05, 3.63) is 136 Å². The van der Waals surface area contributed by atoms with Gasteiger partial charge in [-0.3, -0.25) is 76.9 Å². The van der Waals surface area contributed by atoms with Crippen molar-refractivity contribution in [1.29, 1.82) is 0 Å². The summed E-state index contributed by atoms with van der Waals surface area (Å²) in [4.78, 5) is 215. The summed E-state index contributed by atoms with van der Waals surface area (Å²) in [5.74, 6) is -21.8. The Bertz CT molecular complexity index is 4220. The molecule has 4 aliphatic heterocycles. The van der Waals surface area contributed by atoms with E-state index in [4.69, 9.17) is 16.2 Å². The first-order valence-electron chi connectivity index (χ1n) is 37.5. The van der Waals surface area contributed by atoms with Crippen molar-refractivity contribution in [2.24, 2.45) is 11.5 Å². The highest BCUT2D eigenvalue weighted by Crippen LogP contribution is 2.29. The maximum atomic E-state index is 15.4. The van der Waals surface area contributed by atoms with Gasteiger partial charge in [0, 0.05) is 36.6 Å². The number of hydrogen-bond acceptors (Lipinski definition) is 28. The summed E-state index contributed by atoms with van der Waals surface area (Å²) in [5.41, 5.74) is 12.5. The first-order valence-corrected chi connectivity index (χ1v) is 38.3. The number of carboxylic acids is 1. The molecule has 1 fully saturated rings. The third-order valence-corrected chi connectivity index (χ3v) is 20.0. The molecular formula is C75H99BrN16O27. The molecule has 4 bridgehead atoms. The lowest BCUT2D eigenvalue weighted by molar-refractivity contribution is -0.850. The number of primary amides is 2. The Kier molecular flexibility index (Phi) is 35.9. The lowest BCUT2D eigenvalue weighted by atomic mass is 9.97. The minimum absolute atomic E-state index is 0.166. The van der Waals surface area contributed by atoms with E-state index < -0.39 is 301 Å². The van der Waals surface area contributed by atoms with Crippen LogP contribution in [0.3, 0.4) is 0 Å². The number of ether oxygens (including phenoxy) is 1. The fourth-order valence-corrected chi connectivity index (χ4v) is 13.2. The van der Waals surface area contributed by atoms with Gasteiger partial charge in [-0.25, -0.2) is 0 Å². The molecule has 3 aromatic carbocycles. The summed E-state index contributed by atoms with van der Waals surface area (Å²) < 4.78 is 6.48. The molecule has 0 saturated carbocycles. The van der Waals surface area contributed by atoms with Gasteiger partial charge in [-0.05, 0) is 55.5 Å². The molecule has 0 radical (unpaired) electrons. The number of halogens is 1. The fraction of sp³-hybridized carbons (Fsp3) is 0.480. The van der Waals surface area contributed by atoms with E-state index in [0.29, 0.717) is 21.2 Å². The van der Waals surface area contributed by atoms with Gasteiger partial charge in [-0.1, -0.05) is 113 Å². The third-order valence-electron chi connectivity index (χ3n) is 19.5. The standard InChI is InChI=1S/C75H99BrN16O27/c1-35(16-17-37-10-5-3-6-11-37)22-51(97)43-27-56(101)81-49(31-93)69(112)87-48-30-91-29-41(92(34-91)74-62(105)61(104)59(102)53(33-95)119-74)25-46(66(109)89-57(36(2)96)72(115)88-50(32-94)70(113)84-45(65(108)83-43)23-38-12-7-4-8-13-38)80-55(100)15-9-14-42(75(117)118)82-71(114)52(98)28-79-64(107)44(24-39-18-20-40(76)21-19-39)86-73(116)58(60(103)63(78)106)90-67(110)47(26-54(77)99)85-68(48)111/h3-8,10-13,16-22,29,36,42-53,57-62,74,93-98,102-105H,9,14-15,23-28,30-34H2,1-2H3,(H2,77,99)(H2,78,106)(H,79,107)(H,80,100)(H,81,101)(H,82,114)(H,83,108)(H,84,113)(H,85,111)(H,86,116)(H,87,112)(H,88,115)(H,89,109)(H,90,110)(H,117,118). The zero-order valence-electron chi connectivity index (χ0n) is 64.2. The lowest BCUT2D eigenvalue weighted by Gasteiger charge is -2.44. The summed E-state index contributed by atoms with van der Waals surface area (Å²) in [5, 5.41) is 152. The van der Waals surface area contributed by atoms with Crippen LogP contribution in [-0.2, 0) is 89.5 Å². The van der Waals surface area contributed by atoms with Gasteiger partial charge in [0.05, 0.1) is 68.7 Å². The van der Waals surface area contributed by atoms with Gasteiger partial charge < -0.3 is 141 Å². The second-order valence-electron chi connectivity index (χ2n) is 28.7. The number of nitrogens with two attached hydrogens (primary N) is 2. The zero-order chi connectivity index (χ0) is 87.6. The predicted octanol–water partition coefficient (Wildman–Crippen LogP) is -13.3. The first kappa shape index (κ1) is 94.9. The molecule has 7 rings (SSSR count). The van der Waals surface area contributed by atoms with Gasteiger partial charge in [0.25, 0.3) is 5.91 Å². The van der Waals surface area contributed by atoms with Gasteiger partial charge in [-0.2, -0.15) is 0 Å². The number of hydrogen-bond donors (Lipinski definition) is 25. The lowest BCUT2D eigenvalue weighted by Crippen LogP contribution is -3.09. The van der Waals surface area contributed by atoms with E-state index in [-0.39, 0.29) is 16.2 Å². The van der Waals surface area contributed by atoms with Crippen LogP contribution in [0.2, 0.25) is 0 Å². The molecule has 1 saturated heterocycles. The van der Waals surface area contributed by atoms with Crippen molar-refractivity contribution < 1.29 is 138 Å². The molecule has 27 N–H and O–H groups in total. The van der Waals surface area contributed by atoms with E-state index in [1.165, 1.54) is 30.3 Å². The van der Waals surface area contributed by atoms with E-state index in [2.05, 4.69) is 69.1 Å². The molecule has 4 aliphatic rings. The molecule has 3 aromatic rings. The minimum Gasteiger partial charge on any atom is -0.548 e. The monoisotopic (exact) mass is 1730 g/mol. The zero-order valence-corrected chi connectivity index (χ0v) is 65.8. The Morgan fingerprint density at radius 2 is 1.15 bits per heavy atom. The first-order chi connectivity index (χ1) is 56.4. The van der Waals surface area contributed by atoms with Crippen molar-refractivity contribution in [3.8, 4) is 0 Å². The molecule has 0 aromatic heterocycles. The Morgan fingerprint density at radius 3 is 1.76 bits per heavy atom. The number of fused-ring (bicyclic) bond motifs is 2. The highest BCUT2D eigenvalue weighted by Gasteiger charge is 2.50. The van der Waals surface area contributed by atoms with Crippen molar-refractivity contribution in [1.82, 2.24) is 68.7 Å². The average Bonchev–Trinajstić information content (AvgIpc) is 1.67. The van der Waals surface area contributed by atoms with E-state index in [1.54, 1.807) is 79.7 Å². The number of allylic oxidation sites excluding steroid dienone is 2. The Labute approximate surface area is 687 Å². The Hall–Kier alpha value is -11.3. The molecule has 21 atom stereocenters. The van der Waals surface area contributed by atoms with Crippen LogP contribution in [0.15, 0.2) is 119 Å². The van der Waals surface area contributed by atoms with Crippen LogP contribution < -0.4 is 85.3 Å². The molecule has 44 heteroatoms. The Balaban J connectivity index is 1.42. The number of carboxylic acid groups (broad SMARTS) is 1. The van der Waals surface area contributed by atoms with Crippen LogP contribution in [-0.4, -0.2) is 306 Å². The second-order valence-corrected chi connectivity index (χ2v) is 29.6. The van der Waals surface area contributed by atoms with Gasteiger partial charge in [0.1, 0.15) is 91.6 Å². The summed E-state index contributed by atoms with van der Waals surface area (Å²) >= 11 is 3.27. The molecule has 0 aliphatic carbocycles. The number of nitrogens with one attached hydrogen (secondary N) is 13. The topological polar surface area (TPSA) is 695 Å². The van der Waals surface area contributed by atoms with Crippen LogP contribution in [0.4, 0.5) is 0 Å². The van der Waals surface area contributed by atoms with Crippen LogP contribution >= 0.6 is 15.9 Å². The van der Waals surface area contributed by atoms with E-state index >= 15 is 9.59 Å². The predicted molar refractivity (Wildman–Crippen MR) is 411 cm³/mol. The number of aliphatic carboxylic acids is 1. The van der Waals surface area contributed by atoms with E-state index in [0.717, 1.165) is 18.0 Å². The largest absolute Gasteiger partial charge is 0.548 e. The van der Waals surface area contributed by atoms with Crippen molar-refractivity contribution in [2.75, 3.05) is 39.6 Å². The highest BCUT2D eigenvalue weighted by molar-refractivity contribution is 9.10. The smallest absolute Gasteiger partial charge is 0.251 e. The molecule has 0 spiro atoms. The van der Waals surface area contributed by atoms with Crippen molar-refractivity contribution >= 4 is 111 Å². The van der Waals surface area contributed by atoms with Crippen molar-refractivity contribution in [3.63, 3.8) is 0 Å². The van der Waals surface area contributed by atoms with Crippen LogP contribution in [0, 0.1) is 0 Å². The summed E-state index contributed by atoms with van der Waals surface area (Å²) in [6.07, 6.45) is -19.5. The number of carbonyl (C=O) groups excluding carboxylic acids is 15. The minimum atomic E-state index is -2.75. The molecular weight excluding hydrogens is 1640 g/mol. The molecule has 648 valence electrons. The number of carbonyl (C=O) groups is 15. The van der Waals surface area contributed by atoms with Crippen molar-refractivity contribution in [2.45, 2.75) is 187 Å².